The Labute approximate surface area is 171 Å². The lowest BCUT2D eigenvalue weighted by atomic mass is 10.1. The predicted octanol–water partition coefficient (Wildman–Crippen LogP) is 0.809. The Kier molecular flexibility index (Phi) is 5.46. The van der Waals surface area contributed by atoms with Crippen molar-refractivity contribution in [1.82, 2.24) is 30.8 Å². The van der Waals surface area contributed by atoms with Crippen molar-refractivity contribution in [1.29, 1.82) is 0 Å². The number of nitrogens with zero attached hydrogens (tertiary/aromatic N) is 4. The summed E-state index contributed by atoms with van der Waals surface area (Å²) in [5, 5.41) is 19.7. The fourth-order valence-electron chi connectivity index (χ4n) is 3.14. The minimum atomic E-state index is -0.801. The lowest BCUT2D eigenvalue weighted by molar-refractivity contribution is -0.122. The van der Waals surface area contributed by atoms with Crippen molar-refractivity contribution in [2.24, 2.45) is 0 Å². The van der Waals surface area contributed by atoms with E-state index in [-0.39, 0.29) is 37.1 Å². The van der Waals surface area contributed by atoms with Gasteiger partial charge in [-0.1, -0.05) is 30.3 Å². The standard InChI is InChI=1S/C20H19N7O3/c28-18(21-12-17-24-25-26-27(17)13-6-2-1-3-7-13)11-10-16-20(30)22-15-9-5-4-8-14(15)19(29)23-16/h1-9,16H,10-12H2,(H,21,28)(H,22,30)(H,23,29). The second-order valence-electron chi connectivity index (χ2n) is 6.72. The maximum atomic E-state index is 12.4. The van der Waals surface area contributed by atoms with Gasteiger partial charge in [-0.2, -0.15) is 4.68 Å². The minimum absolute atomic E-state index is 0.0572. The van der Waals surface area contributed by atoms with E-state index < -0.39 is 6.04 Å². The quantitative estimate of drug-likeness (QED) is 0.556. The van der Waals surface area contributed by atoms with E-state index in [2.05, 4.69) is 31.5 Å². The Hall–Kier alpha value is -4.08. The smallest absolute Gasteiger partial charge is 0.254 e. The molecule has 3 aromatic rings. The fourth-order valence-corrected chi connectivity index (χ4v) is 3.14. The Balaban J connectivity index is 1.32. The van der Waals surface area contributed by atoms with E-state index >= 15 is 0 Å². The Morgan fingerprint density at radius 2 is 1.83 bits per heavy atom. The molecule has 0 bridgehead atoms. The molecule has 152 valence electrons. The molecule has 1 aromatic heterocycles. The maximum absolute atomic E-state index is 12.4. The first-order valence-electron chi connectivity index (χ1n) is 9.42. The van der Waals surface area contributed by atoms with Crippen molar-refractivity contribution in [3.63, 3.8) is 0 Å². The van der Waals surface area contributed by atoms with Crippen LogP contribution in [0.1, 0.15) is 29.0 Å². The minimum Gasteiger partial charge on any atom is -0.349 e. The molecule has 10 nitrogen and oxygen atoms in total. The summed E-state index contributed by atoms with van der Waals surface area (Å²) in [6.45, 7) is 0.134. The highest BCUT2D eigenvalue weighted by Gasteiger charge is 2.27. The summed E-state index contributed by atoms with van der Waals surface area (Å²) < 4.78 is 1.54. The van der Waals surface area contributed by atoms with Crippen molar-refractivity contribution in [3.8, 4) is 5.69 Å². The second-order valence-corrected chi connectivity index (χ2v) is 6.72. The summed E-state index contributed by atoms with van der Waals surface area (Å²) in [6, 6.07) is 15.3. The molecule has 2 aromatic carbocycles. The lowest BCUT2D eigenvalue weighted by Crippen LogP contribution is -2.42. The summed E-state index contributed by atoms with van der Waals surface area (Å²) in [5.41, 5.74) is 1.63. The number of tetrazole rings is 1. The van der Waals surface area contributed by atoms with Crippen LogP contribution in [0.3, 0.4) is 0 Å². The topological polar surface area (TPSA) is 131 Å². The average molecular weight is 405 g/mol. The molecule has 0 fully saturated rings. The zero-order chi connectivity index (χ0) is 20.9. The third-order valence-corrected chi connectivity index (χ3v) is 4.69. The highest BCUT2D eigenvalue weighted by Crippen LogP contribution is 2.19. The van der Waals surface area contributed by atoms with Crippen LogP contribution in [0.15, 0.2) is 54.6 Å². The van der Waals surface area contributed by atoms with Gasteiger partial charge in [-0.25, -0.2) is 0 Å². The lowest BCUT2D eigenvalue weighted by Gasteiger charge is -2.14. The SMILES string of the molecule is O=C(CCC1NC(=O)c2ccccc2NC1=O)NCc1nnnn1-c1ccccc1. The van der Waals surface area contributed by atoms with Crippen LogP contribution in [-0.4, -0.2) is 44.0 Å². The van der Waals surface area contributed by atoms with Crippen LogP contribution < -0.4 is 16.0 Å². The van der Waals surface area contributed by atoms with Gasteiger partial charge in [-0.05, 0) is 41.1 Å². The summed E-state index contributed by atoms with van der Waals surface area (Å²) in [5.74, 6) is -0.502. The number of amides is 3. The molecular weight excluding hydrogens is 386 g/mol. The normalized spacial score (nSPS) is 15.5. The van der Waals surface area contributed by atoms with Crippen molar-refractivity contribution in [2.75, 3.05) is 5.32 Å². The van der Waals surface area contributed by atoms with Crippen LogP contribution in [0.5, 0.6) is 0 Å². The third kappa shape index (κ3) is 4.17. The highest BCUT2D eigenvalue weighted by molar-refractivity contribution is 6.09. The van der Waals surface area contributed by atoms with Crippen molar-refractivity contribution in [3.05, 3.63) is 66.0 Å². The van der Waals surface area contributed by atoms with Gasteiger partial charge in [-0.3, -0.25) is 14.4 Å². The van der Waals surface area contributed by atoms with Gasteiger partial charge in [0.1, 0.15) is 6.04 Å². The molecule has 1 unspecified atom stereocenters. The molecule has 0 saturated heterocycles. The van der Waals surface area contributed by atoms with Gasteiger partial charge in [-0.15, -0.1) is 5.10 Å². The molecule has 2 heterocycles. The number of rotatable bonds is 6. The van der Waals surface area contributed by atoms with E-state index in [0.29, 0.717) is 17.1 Å². The Morgan fingerprint density at radius 1 is 1.07 bits per heavy atom. The van der Waals surface area contributed by atoms with E-state index in [4.69, 9.17) is 0 Å². The summed E-state index contributed by atoms with van der Waals surface area (Å²) in [7, 11) is 0. The van der Waals surface area contributed by atoms with E-state index in [1.165, 1.54) is 4.68 Å². The van der Waals surface area contributed by atoms with Crippen LogP contribution in [0.2, 0.25) is 0 Å². The Morgan fingerprint density at radius 3 is 2.67 bits per heavy atom. The molecule has 1 atom stereocenters. The number of benzene rings is 2. The number of aromatic nitrogens is 4. The number of carbonyl (C=O) groups is 3. The molecule has 3 N–H and O–H groups in total. The number of carbonyl (C=O) groups excluding carboxylic acids is 3. The van der Waals surface area contributed by atoms with Crippen LogP contribution in [0, 0.1) is 0 Å². The fraction of sp³-hybridized carbons (Fsp3) is 0.200. The predicted molar refractivity (Wildman–Crippen MR) is 107 cm³/mol. The van der Waals surface area contributed by atoms with Gasteiger partial charge >= 0.3 is 0 Å². The zero-order valence-corrected chi connectivity index (χ0v) is 15.9. The van der Waals surface area contributed by atoms with E-state index in [1.807, 2.05) is 30.3 Å². The average Bonchev–Trinajstić information content (AvgIpc) is 3.20. The molecule has 30 heavy (non-hydrogen) atoms. The van der Waals surface area contributed by atoms with Gasteiger partial charge in [0.2, 0.25) is 11.8 Å². The van der Waals surface area contributed by atoms with Crippen LogP contribution in [-0.2, 0) is 16.1 Å². The van der Waals surface area contributed by atoms with Gasteiger partial charge in [0.05, 0.1) is 23.5 Å². The van der Waals surface area contributed by atoms with E-state index in [1.54, 1.807) is 24.3 Å². The molecule has 4 rings (SSSR count). The highest BCUT2D eigenvalue weighted by atomic mass is 16.2. The number of anilines is 1. The van der Waals surface area contributed by atoms with Gasteiger partial charge in [0.15, 0.2) is 5.82 Å². The third-order valence-electron chi connectivity index (χ3n) is 4.69. The zero-order valence-electron chi connectivity index (χ0n) is 15.9. The molecular formula is C20H19N7O3. The molecule has 10 heteroatoms. The summed E-state index contributed by atoms with van der Waals surface area (Å²) in [4.78, 5) is 37.0. The number of nitrogens with one attached hydrogen (secondary N) is 3. The number of hydrogen-bond donors (Lipinski definition) is 3. The Bertz CT molecular complexity index is 1080. The molecule has 1 aliphatic rings. The first-order valence-corrected chi connectivity index (χ1v) is 9.42. The molecule has 0 saturated carbocycles. The molecule has 0 spiro atoms. The van der Waals surface area contributed by atoms with Crippen molar-refractivity contribution < 1.29 is 14.4 Å². The largest absolute Gasteiger partial charge is 0.349 e. The molecule has 0 aliphatic carbocycles. The molecule has 3 amide bonds. The van der Waals surface area contributed by atoms with E-state index in [9.17, 15) is 14.4 Å². The monoisotopic (exact) mass is 405 g/mol. The molecule has 1 aliphatic heterocycles. The van der Waals surface area contributed by atoms with E-state index in [0.717, 1.165) is 5.69 Å². The van der Waals surface area contributed by atoms with Gasteiger partial charge in [0, 0.05) is 6.42 Å². The van der Waals surface area contributed by atoms with Crippen LogP contribution in [0.25, 0.3) is 5.69 Å². The number of para-hydroxylation sites is 2. The van der Waals surface area contributed by atoms with Crippen LogP contribution >= 0.6 is 0 Å². The van der Waals surface area contributed by atoms with Gasteiger partial charge in [0.25, 0.3) is 5.91 Å². The number of fused-ring (bicyclic) bond motifs is 1. The second kappa shape index (κ2) is 8.52. The van der Waals surface area contributed by atoms with Crippen LogP contribution in [0.4, 0.5) is 5.69 Å². The van der Waals surface area contributed by atoms with Crippen molar-refractivity contribution in [2.45, 2.75) is 25.4 Å². The van der Waals surface area contributed by atoms with Gasteiger partial charge < -0.3 is 16.0 Å². The number of hydrogen-bond acceptors (Lipinski definition) is 6. The summed E-state index contributed by atoms with van der Waals surface area (Å²) in [6.07, 6.45) is 0.225. The maximum Gasteiger partial charge on any atom is 0.254 e. The van der Waals surface area contributed by atoms with Crippen molar-refractivity contribution >= 4 is 23.4 Å². The first-order chi connectivity index (χ1) is 14.6. The summed E-state index contributed by atoms with van der Waals surface area (Å²) >= 11 is 0. The molecule has 0 radical (unpaired) electrons. The first kappa shape index (κ1) is 19.2.